The molecule has 1 fully saturated rings. The number of amides is 1. The number of ketones is 1. The third-order valence-corrected chi connectivity index (χ3v) is 5.14. The minimum Gasteiger partial charge on any atom is -0.507 e. The first-order valence-corrected chi connectivity index (χ1v) is 9.07. The molecule has 0 aliphatic carbocycles. The Bertz CT molecular complexity index is 1080. The smallest absolute Gasteiger partial charge is 0.301 e. The molecule has 5 nitrogen and oxygen atoms in total. The molecule has 1 atom stereocenters. The molecule has 3 aromatic rings. The van der Waals surface area contributed by atoms with Gasteiger partial charge in [-0.1, -0.05) is 12.1 Å². The summed E-state index contributed by atoms with van der Waals surface area (Å²) in [5, 5.41) is 12.7. The summed E-state index contributed by atoms with van der Waals surface area (Å²) in [6, 6.07) is 9.18. The monoisotopic (exact) mass is 398 g/mol. The van der Waals surface area contributed by atoms with Crippen molar-refractivity contribution < 1.29 is 23.5 Å². The van der Waals surface area contributed by atoms with Crippen molar-refractivity contribution in [1.82, 2.24) is 4.98 Å². The third kappa shape index (κ3) is 2.97. The highest BCUT2D eigenvalue weighted by Crippen LogP contribution is 2.42. The summed E-state index contributed by atoms with van der Waals surface area (Å²) in [5.74, 6) is -3.17. The average molecular weight is 398 g/mol. The number of aliphatic hydroxyl groups excluding tert-OH is 1. The number of rotatable bonds is 3. The normalized spacial score (nSPS) is 18.6. The number of carbonyl (C=O) groups excluding carboxylic acids is 2. The largest absolute Gasteiger partial charge is 0.507 e. The number of anilines is 1. The quantitative estimate of drug-likeness (QED) is 0.411. The molecule has 8 heteroatoms. The number of aliphatic hydroxyl groups is 1. The van der Waals surface area contributed by atoms with Crippen molar-refractivity contribution in [3.8, 4) is 0 Å². The molecule has 140 valence electrons. The molecular weight excluding hydrogens is 386 g/mol. The summed E-state index contributed by atoms with van der Waals surface area (Å²) in [4.78, 5) is 30.8. The van der Waals surface area contributed by atoms with Gasteiger partial charge in [-0.15, -0.1) is 11.3 Å². The minimum absolute atomic E-state index is 0.168. The summed E-state index contributed by atoms with van der Waals surface area (Å²) in [6.45, 7) is 0. The summed E-state index contributed by atoms with van der Waals surface area (Å²) in [6.07, 6.45) is 1.49. The van der Waals surface area contributed by atoms with Crippen molar-refractivity contribution in [1.29, 1.82) is 0 Å². The number of thiazole rings is 1. The molecule has 28 heavy (non-hydrogen) atoms. The molecule has 4 rings (SSSR count). The van der Waals surface area contributed by atoms with Gasteiger partial charge < -0.3 is 5.11 Å². The highest BCUT2D eigenvalue weighted by Gasteiger charge is 2.47. The average Bonchev–Trinajstić information content (AvgIpc) is 3.30. The molecule has 1 aliphatic heterocycles. The van der Waals surface area contributed by atoms with E-state index in [1.165, 1.54) is 47.5 Å². The molecule has 1 N–H and O–H groups in total. The van der Waals surface area contributed by atoms with E-state index in [1.54, 1.807) is 5.38 Å². The summed E-state index contributed by atoms with van der Waals surface area (Å²) in [5.41, 5.74) is 0.448. The molecule has 0 bridgehead atoms. The lowest BCUT2D eigenvalue weighted by atomic mass is 9.95. The van der Waals surface area contributed by atoms with E-state index < -0.39 is 35.1 Å². The van der Waals surface area contributed by atoms with Gasteiger partial charge in [0.15, 0.2) is 5.13 Å². The molecule has 0 spiro atoms. The van der Waals surface area contributed by atoms with Crippen LogP contribution in [-0.2, 0) is 9.59 Å². The van der Waals surface area contributed by atoms with E-state index in [4.69, 9.17) is 0 Å². The summed E-state index contributed by atoms with van der Waals surface area (Å²) < 4.78 is 26.6. The molecule has 2 heterocycles. The van der Waals surface area contributed by atoms with E-state index in [0.717, 1.165) is 23.5 Å². The van der Waals surface area contributed by atoms with Crippen LogP contribution in [0.1, 0.15) is 17.2 Å². The minimum atomic E-state index is -0.989. The number of hydrogen-bond acceptors (Lipinski definition) is 5. The Balaban J connectivity index is 1.93. The molecule has 1 aliphatic rings. The number of Topliss-reactive ketones (excluding diaryl/α,β-unsaturated/α-hetero) is 1. The Kier molecular flexibility index (Phi) is 4.48. The number of aromatic nitrogens is 1. The topological polar surface area (TPSA) is 70.5 Å². The lowest BCUT2D eigenvalue weighted by molar-refractivity contribution is -0.132. The van der Waals surface area contributed by atoms with Crippen LogP contribution in [0, 0.1) is 11.6 Å². The number of benzene rings is 2. The maximum Gasteiger partial charge on any atom is 0.301 e. The highest BCUT2D eigenvalue weighted by atomic mass is 32.1. The first-order valence-electron chi connectivity index (χ1n) is 8.19. The Morgan fingerprint density at radius 2 is 1.61 bits per heavy atom. The van der Waals surface area contributed by atoms with Crippen LogP contribution in [-0.4, -0.2) is 21.8 Å². The van der Waals surface area contributed by atoms with Gasteiger partial charge in [0.25, 0.3) is 5.78 Å². The van der Waals surface area contributed by atoms with Crippen molar-refractivity contribution in [2.24, 2.45) is 0 Å². The van der Waals surface area contributed by atoms with Gasteiger partial charge in [0, 0.05) is 17.1 Å². The van der Waals surface area contributed by atoms with Crippen LogP contribution in [0.25, 0.3) is 5.76 Å². The highest BCUT2D eigenvalue weighted by molar-refractivity contribution is 7.14. The molecule has 2 aromatic carbocycles. The fourth-order valence-electron chi connectivity index (χ4n) is 3.09. The predicted octanol–water partition coefficient (Wildman–Crippen LogP) is 4.05. The summed E-state index contributed by atoms with van der Waals surface area (Å²) in [7, 11) is 0. The van der Waals surface area contributed by atoms with Crippen LogP contribution in [0.5, 0.6) is 0 Å². The zero-order valence-corrected chi connectivity index (χ0v) is 15.0. The molecule has 0 radical (unpaired) electrons. The zero-order valence-electron chi connectivity index (χ0n) is 14.2. The second kappa shape index (κ2) is 6.97. The lowest BCUT2D eigenvalue weighted by Gasteiger charge is -2.22. The molecule has 1 saturated heterocycles. The number of halogens is 2. The molecule has 1 amide bonds. The summed E-state index contributed by atoms with van der Waals surface area (Å²) >= 11 is 1.15. The van der Waals surface area contributed by atoms with Crippen LogP contribution in [0.3, 0.4) is 0 Å². The molecule has 1 aromatic heterocycles. The standard InChI is InChI=1S/C20H12F2N2O3S/c21-13-5-1-11(2-6-13)16-15(17(25)12-3-7-14(22)8-4-12)18(26)19(27)24(16)20-23-9-10-28-20/h1-10,16,25H/t16-/m0/s1. The predicted molar refractivity (Wildman–Crippen MR) is 99.7 cm³/mol. The van der Waals surface area contributed by atoms with Crippen molar-refractivity contribution in [2.75, 3.05) is 4.90 Å². The van der Waals surface area contributed by atoms with Crippen LogP contribution in [0.4, 0.5) is 13.9 Å². The first-order chi connectivity index (χ1) is 13.5. The third-order valence-electron chi connectivity index (χ3n) is 4.37. The SMILES string of the molecule is O=C1C(=O)N(c2nccs2)[C@@H](c2ccc(F)cc2)C1=C(O)c1ccc(F)cc1. The fourth-order valence-corrected chi connectivity index (χ4v) is 3.76. The maximum absolute atomic E-state index is 13.4. The van der Waals surface area contributed by atoms with Gasteiger partial charge in [0.05, 0.1) is 11.6 Å². The van der Waals surface area contributed by atoms with Crippen LogP contribution >= 0.6 is 11.3 Å². The van der Waals surface area contributed by atoms with Gasteiger partial charge in [-0.25, -0.2) is 13.8 Å². The maximum atomic E-state index is 13.4. The van der Waals surface area contributed by atoms with Crippen molar-refractivity contribution in [2.45, 2.75) is 6.04 Å². The van der Waals surface area contributed by atoms with Gasteiger partial charge in [-0.2, -0.15) is 0 Å². The molecule has 0 saturated carbocycles. The molecule has 0 unspecified atom stereocenters. The van der Waals surface area contributed by atoms with E-state index in [2.05, 4.69) is 4.98 Å². The Morgan fingerprint density at radius 3 is 2.18 bits per heavy atom. The van der Waals surface area contributed by atoms with E-state index >= 15 is 0 Å². The van der Waals surface area contributed by atoms with E-state index in [1.807, 2.05) is 0 Å². The van der Waals surface area contributed by atoms with Crippen LogP contribution in [0.2, 0.25) is 0 Å². The fraction of sp³-hybridized carbons (Fsp3) is 0.0500. The van der Waals surface area contributed by atoms with Crippen molar-refractivity contribution in [3.63, 3.8) is 0 Å². The first kappa shape index (κ1) is 18.0. The van der Waals surface area contributed by atoms with Crippen molar-refractivity contribution >= 4 is 33.9 Å². The van der Waals surface area contributed by atoms with Crippen LogP contribution < -0.4 is 4.90 Å². The van der Waals surface area contributed by atoms with Crippen molar-refractivity contribution in [3.05, 3.63) is 88.4 Å². The number of nitrogens with zero attached hydrogens (tertiary/aromatic N) is 2. The second-order valence-corrected chi connectivity index (χ2v) is 6.92. The Hall–Kier alpha value is -3.39. The van der Waals surface area contributed by atoms with E-state index in [-0.39, 0.29) is 16.3 Å². The zero-order chi connectivity index (χ0) is 19.8. The van der Waals surface area contributed by atoms with Gasteiger partial charge in [0.2, 0.25) is 0 Å². The Labute approximate surface area is 162 Å². The lowest BCUT2D eigenvalue weighted by Crippen LogP contribution is -2.29. The Morgan fingerprint density at radius 1 is 1.00 bits per heavy atom. The molecular formula is C20H12F2N2O3S. The number of carbonyl (C=O) groups is 2. The van der Waals surface area contributed by atoms with Gasteiger partial charge in [-0.05, 0) is 42.0 Å². The van der Waals surface area contributed by atoms with E-state index in [9.17, 15) is 23.5 Å². The number of hydrogen-bond donors (Lipinski definition) is 1. The second-order valence-electron chi connectivity index (χ2n) is 6.04. The van der Waals surface area contributed by atoms with Gasteiger partial charge >= 0.3 is 5.91 Å². The van der Waals surface area contributed by atoms with E-state index in [0.29, 0.717) is 5.56 Å². The van der Waals surface area contributed by atoms with Gasteiger partial charge in [0.1, 0.15) is 17.4 Å². The van der Waals surface area contributed by atoms with Crippen LogP contribution in [0.15, 0.2) is 65.7 Å². The van der Waals surface area contributed by atoms with Gasteiger partial charge in [-0.3, -0.25) is 14.5 Å².